The van der Waals surface area contributed by atoms with Gasteiger partial charge in [-0.15, -0.1) is 6.58 Å². The van der Waals surface area contributed by atoms with E-state index < -0.39 is 79.7 Å². The van der Waals surface area contributed by atoms with Gasteiger partial charge < -0.3 is 19.1 Å². The van der Waals surface area contributed by atoms with Gasteiger partial charge in [-0.05, 0) is 80.0 Å². The summed E-state index contributed by atoms with van der Waals surface area (Å²) < 4.78 is 44.3. The van der Waals surface area contributed by atoms with E-state index in [4.69, 9.17) is 14.2 Å². The minimum absolute atomic E-state index is 0.0468. The maximum atomic E-state index is 14.4. The zero-order valence-electron chi connectivity index (χ0n) is 30.5. The zero-order chi connectivity index (χ0) is 37.8. The first kappa shape index (κ1) is 39.0. The minimum Gasteiger partial charge on any atom is -0.496 e. The van der Waals surface area contributed by atoms with Crippen molar-refractivity contribution in [1.29, 1.82) is 0 Å². The number of Topliss-reactive ketones (excluding diaryl/α,β-unsaturated/α-hetero) is 1. The van der Waals surface area contributed by atoms with Crippen LogP contribution in [0.1, 0.15) is 84.1 Å². The number of carbonyl (C=O) groups excluding carboxylic acids is 5. The molecule has 1 aromatic rings. The number of benzene rings is 1. The lowest BCUT2D eigenvalue weighted by atomic mass is 9.77. The van der Waals surface area contributed by atoms with E-state index in [1.165, 1.54) is 11.0 Å². The van der Waals surface area contributed by atoms with Crippen LogP contribution in [0.4, 0.5) is 10.5 Å². The van der Waals surface area contributed by atoms with E-state index in [9.17, 15) is 32.4 Å². The van der Waals surface area contributed by atoms with Crippen LogP contribution in [0.2, 0.25) is 0 Å². The second kappa shape index (κ2) is 15.8. The molecule has 1 saturated heterocycles. The van der Waals surface area contributed by atoms with Gasteiger partial charge in [-0.25, -0.2) is 13.2 Å². The topological polar surface area (TPSA) is 174 Å². The molecule has 2 N–H and O–H groups in total. The predicted molar refractivity (Wildman–Crippen MR) is 193 cm³/mol. The Kier molecular flexibility index (Phi) is 11.9. The fourth-order valence-electron chi connectivity index (χ4n) is 7.12. The first-order valence-electron chi connectivity index (χ1n) is 18.0. The number of carbonyl (C=O) groups is 5. The Morgan fingerprint density at radius 2 is 1.90 bits per heavy atom. The number of esters is 1. The summed E-state index contributed by atoms with van der Waals surface area (Å²) in [7, 11) is -2.30. The SMILES string of the molecule is C=C[C@@H]1C[C@]1(CC(=O)[C@@H]1C[C@@H]2CN1C(=O)[C@H](C(C)(C)C)CC(=O)OCCCC/C=C\Cc1cc(ccc1OC)NC(=O)O2)C(=O)NS(=O)(=O)C1CC1. The average Bonchev–Trinajstić information content (AvgIpc) is 4.00. The van der Waals surface area contributed by atoms with Crippen molar-refractivity contribution in [1.82, 2.24) is 9.62 Å². The standard InChI is InChI=1S/C38H51N3O10S/c1-6-25-21-38(25,35(45)40-52(47,48)28-14-15-28)22-31(42)30-19-27-23-41(30)34(44)29(37(2,3)4)20-33(43)50-17-11-9-7-8-10-12-24-18-26(39-36(46)51-27)13-16-32(24)49-5/h6,8,10,13,16,18,25,27-30H,1,7,9,11-12,14-15,17,19-23H2,2-5H3,(H,39,46)(H,40,45)/b10-8-/t25-,27-,29-,30+,38-/m1/s1. The fraction of sp³-hybridized carbons (Fsp3) is 0.605. The summed E-state index contributed by atoms with van der Waals surface area (Å²) in [5, 5.41) is 2.11. The molecule has 14 heteroatoms. The molecule has 5 atom stereocenters. The number of hydrogen-bond donors (Lipinski definition) is 2. The molecule has 0 radical (unpaired) electrons. The highest BCUT2D eigenvalue weighted by Gasteiger charge is 2.61. The largest absolute Gasteiger partial charge is 0.496 e. The summed E-state index contributed by atoms with van der Waals surface area (Å²) in [4.78, 5) is 69.7. The molecule has 3 amide bonds. The predicted octanol–water partition coefficient (Wildman–Crippen LogP) is 4.85. The maximum Gasteiger partial charge on any atom is 0.411 e. The normalized spacial score (nSPS) is 28.3. The van der Waals surface area contributed by atoms with Crippen molar-refractivity contribution in [3.8, 4) is 5.75 Å². The van der Waals surface area contributed by atoms with E-state index in [1.807, 2.05) is 32.9 Å². The number of sulfonamides is 1. The Hall–Kier alpha value is -4.20. The summed E-state index contributed by atoms with van der Waals surface area (Å²) in [5.74, 6) is -2.90. The van der Waals surface area contributed by atoms with E-state index in [-0.39, 0.29) is 38.8 Å². The Morgan fingerprint density at radius 1 is 1.15 bits per heavy atom. The van der Waals surface area contributed by atoms with Crippen LogP contribution < -0.4 is 14.8 Å². The van der Waals surface area contributed by atoms with Crippen molar-refractivity contribution < 1.29 is 46.6 Å². The summed E-state index contributed by atoms with van der Waals surface area (Å²) in [6.45, 7) is 9.34. The monoisotopic (exact) mass is 741 g/mol. The number of methoxy groups -OCH3 is 1. The second-order valence-corrected chi connectivity index (χ2v) is 17.4. The van der Waals surface area contributed by atoms with Crippen molar-refractivity contribution in [3.63, 3.8) is 0 Å². The third-order valence-electron chi connectivity index (χ3n) is 10.5. The van der Waals surface area contributed by atoms with E-state index in [0.29, 0.717) is 37.1 Å². The van der Waals surface area contributed by atoms with Crippen molar-refractivity contribution in [2.75, 3.05) is 25.6 Å². The Balaban J connectivity index is 1.42. The Labute approximate surface area is 305 Å². The van der Waals surface area contributed by atoms with Crippen molar-refractivity contribution in [3.05, 3.63) is 48.6 Å². The Bertz CT molecular complexity index is 1710. The third kappa shape index (κ3) is 9.23. The average molecular weight is 742 g/mol. The number of anilines is 1. The molecule has 2 aliphatic carbocycles. The van der Waals surface area contributed by atoms with Crippen LogP contribution in [0.3, 0.4) is 0 Å². The minimum atomic E-state index is -3.87. The van der Waals surface area contributed by atoms with Gasteiger partial charge in [0.2, 0.25) is 21.8 Å². The molecular formula is C38H51N3O10S. The first-order valence-corrected chi connectivity index (χ1v) is 19.6. The molecule has 0 unspecified atom stereocenters. The van der Waals surface area contributed by atoms with Gasteiger partial charge in [0.15, 0.2) is 5.78 Å². The number of allylic oxidation sites excluding steroid dienone is 3. The van der Waals surface area contributed by atoms with Gasteiger partial charge >= 0.3 is 12.1 Å². The van der Waals surface area contributed by atoms with Crippen molar-refractivity contribution >= 4 is 45.4 Å². The lowest BCUT2D eigenvalue weighted by molar-refractivity contribution is -0.153. The number of rotatable bonds is 8. The molecule has 52 heavy (non-hydrogen) atoms. The number of ketones is 1. The lowest BCUT2D eigenvalue weighted by Crippen LogP contribution is -2.48. The van der Waals surface area contributed by atoms with Crippen LogP contribution in [-0.2, 0) is 45.1 Å². The Morgan fingerprint density at radius 3 is 2.56 bits per heavy atom. The van der Waals surface area contributed by atoms with Gasteiger partial charge in [-0.1, -0.05) is 39.0 Å². The van der Waals surface area contributed by atoms with E-state index in [1.54, 1.807) is 25.3 Å². The number of nitrogens with zero attached hydrogens (tertiary/aromatic N) is 1. The molecule has 5 rings (SSSR count). The lowest BCUT2D eigenvalue weighted by Gasteiger charge is -2.34. The molecule has 0 spiro atoms. The third-order valence-corrected chi connectivity index (χ3v) is 12.3. The van der Waals surface area contributed by atoms with Crippen LogP contribution in [0.15, 0.2) is 43.0 Å². The smallest absolute Gasteiger partial charge is 0.411 e. The molecule has 2 aliphatic heterocycles. The number of amides is 3. The van der Waals surface area contributed by atoms with Crippen LogP contribution in [0.5, 0.6) is 5.75 Å². The summed E-state index contributed by atoms with van der Waals surface area (Å²) in [6.07, 6.45) is 7.22. The molecule has 2 heterocycles. The van der Waals surface area contributed by atoms with Gasteiger partial charge in [0, 0.05) is 18.5 Å². The molecule has 4 aliphatic rings. The molecule has 3 fully saturated rings. The molecule has 4 bridgehead atoms. The van der Waals surface area contributed by atoms with Gasteiger partial charge in [-0.3, -0.25) is 29.2 Å². The number of cyclic esters (lactones) is 1. The van der Waals surface area contributed by atoms with E-state index >= 15 is 0 Å². The highest BCUT2D eigenvalue weighted by atomic mass is 32.2. The quantitative estimate of drug-likeness (QED) is 0.277. The van der Waals surface area contributed by atoms with Crippen molar-refractivity contribution in [2.45, 2.75) is 102 Å². The first-order chi connectivity index (χ1) is 24.6. The van der Waals surface area contributed by atoms with Crippen molar-refractivity contribution in [2.24, 2.45) is 22.7 Å². The fourth-order valence-corrected chi connectivity index (χ4v) is 8.51. The van der Waals surface area contributed by atoms with Gasteiger partial charge in [0.1, 0.15) is 11.9 Å². The van der Waals surface area contributed by atoms with Crippen LogP contribution >= 0.6 is 0 Å². The van der Waals surface area contributed by atoms with Crippen LogP contribution in [0, 0.1) is 22.7 Å². The molecule has 284 valence electrons. The van der Waals surface area contributed by atoms with Crippen LogP contribution in [-0.4, -0.2) is 80.6 Å². The van der Waals surface area contributed by atoms with E-state index in [2.05, 4.69) is 16.6 Å². The van der Waals surface area contributed by atoms with Gasteiger partial charge in [0.05, 0.1) is 49.3 Å². The van der Waals surface area contributed by atoms with Gasteiger partial charge in [-0.2, -0.15) is 0 Å². The van der Waals surface area contributed by atoms with E-state index in [0.717, 1.165) is 18.4 Å². The highest BCUT2D eigenvalue weighted by Crippen LogP contribution is 2.57. The van der Waals surface area contributed by atoms with Crippen LogP contribution in [0.25, 0.3) is 0 Å². The molecule has 13 nitrogen and oxygen atoms in total. The zero-order valence-corrected chi connectivity index (χ0v) is 31.3. The number of fused-ring (bicyclic) bond motifs is 4. The molecule has 0 aromatic heterocycles. The number of nitrogens with one attached hydrogen (secondary N) is 2. The molecule has 2 saturated carbocycles. The second-order valence-electron chi connectivity index (χ2n) is 15.5. The maximum absolute atomic E-state index is 14.4. The highest BCUT2D eigenvalue weighted by molar-refractivity contribution is 7.90. The summed E-state index contributed by atoms with van der Waals surface area (Å²) >= 11 is 0. The summed E-state index contributed by atoms with van der Waals surface area (Å²) in [5.41, 5.74) is -0.730. The molecule has 1 aromatic carbocycles. The number of hydrogen-bond acceptors (Lipinski definition) is 10. The summed E-state index contributed by atoms with van der Waals surface area (Å²) in [6, 6.07) is 4.12. The number of ether oxygens (including phenoxy) is 3. The molecular weight excluding hydrogens is 690 g/mol. The van der Waals surface area contributed by atoms with Gasteiger partial charge in [0.25, 0.3) is 0 Å².